The Kier molecular flexibility index (Phi) is 5.45. The van der Waals surface area contributed by atoms with Gasteiger partial charge in [-0.2, -0.15) is 0 Å². The van der Waals surface area contributed by atoms with Gasteiger partial charge in [-0.3, -0.25) is 4.90 Å². The number of carbonyl (C=O) groups is 1. The summed E-state index contributed by atoms with van der Waals surface area (Å²) < 4.78 is 19.5. The molecule has 1 aliphatic heterocycles. The normalized spacial score (nSPS) is 16.7. The first-order chi connectivity index (χ1) is 10.2. The fourth-order valence-electron chi connectivity index (χ4n) is 2.38. The van der Waals surface area contributed by atoms with Crippen LogP contribution in [0.1, 0.15) is 26.3 Å². The number of hydrogen-bond donors (Lipinski definition) is 0. The molecular formula is C16H22BrFN2O2. The highest BCUT2D eigenvalue weighted by Gasteiger charge is 2.25. The minimum absolute atomic E-state index is 0.239. The van der Waals surface area contributed by atoms with Crippen LogP contribution in [0.4, 0.5) is 9.18 Å². The van der Waals surface area contributed by atoms with Gasteiger partial charge in [0.25, 0.3) is 0 Å². The summed E-state index contributed by atoms with van der Waals surface area (Å²) in [7, 11) is 0. The third kappa shape index (κ3) is 5.25. The Hall–Kier alpha value is -1.14. The smallest absolute Gasteiger partial charge is 0.410 e. The van der Waals surface area contributed by atoms with E-state index in [4.69, 9.17) is 4.74 Å². The Morgan fingerprint density at radius 2 is 1.86 bits per heavy atom. The molecule has 1 fully saturated rings. The summed E-state index contributed by atoms with van der Waals surface area (Å²) in [6.45, 7) is 9.05. The molecule has 0 unspecified atom stereocenters. The number of ether oxygens (including phenoxy) is 1. The van der Waals surface area contributed by atoms with Crippen LogP contribution in [0.2, 0.25) is 0 Å². The van der Waals surface area contributed by atoms with E-state index in [-0.39, 0.29) is 11.9 Å². The van der Waals surface area contributed by atoms with E-state index in [0.29, 0.717) is 19.6 Å². The fourth-order valence-corrected chi connectivity index (χ4v) is 2.89. The van der Waals surface area contributed by atoms with Gasteiger partial charge < -0.3 is 9.64 Å². The molecule has 1 aliphatic rings. The van der Waals surface area contributed by atoms with Crippen LogP contribution in [0.3, 0.4) is 0 Å². The Balaban J connectivity index is 1.86. The van der Waals surface area contributed by atoms with Gasteiger partial charge in [0.1, 0.15) is 11.4 Å². The maximum Gasteiger partial charge on any atom is 0.410 e. The van der Waals surface area contributed by atoms with Crippen molar-refractivity contribution in [1.29, 1.82) is 0 Å². The second kappa shape index (κ2) is 6.96. The molecule has 0 radical (unpaired) electrons. The van der Waals surface area contributed by atoms with Crippen LogP contribution in [0.25, 0.3) is 0 Å². The van der Waals surface area contributed by atoms with Crippen molar-refractivity contribution in [1.82, 2.24) is 9.80 Å². The van der Waals surface area contributed by atoms with Gasteiger partial charge in [-0.15, -0.1) is 0 Å². The van der Waals surface area contributed by atoms with Gasteiger partial charge >= 0.3 is 6.09 Å². The van der Waals surface area contributed by atoms with E-state index >= 15 is 0 Å². The molecule has 1 saturated heterocycles. The lowest BCUT2D eigenvalue weighted by atomic mass is 10.2. The lowest BCUT2D eigenvalue weighted by Gasteiger charge is -2.35. The summed E-state index contributed by atoms with van der Waals surface area (Å²) in [5.41, 5.74) is 0.458. The van der Waals surface area contributed by atoms with E-state index in [0.717, 1.165) is 23.1 Å². The number of halogens is 2. The second-order valence-corrected chi connectivity index (χ2v) is 7.44. The van der Waals surface area contributed by atoms with E-state index in [9.17, 15) is 9.18 Å². The molecule has 0 spiro atoms. The first-order valence-corrected chi connectivity index (χ1v) is 8.17. The maximum atomic E-state index is 13.4. The van der Waals surface area contributed by atoms with Crippen LogP contribution in [0.15, 0.2) is 22.7 Å². The summed E-state index contributed by atoms with van der Waals surface area (Å²) in [6.07, 6.45) is -0.263. The highest BCUT2D eigenvalue weighted by Crippen LogP contribution is 2.18. The summed E-state index contributed by atoms with van der Waals surface area (Å²) in [5.74, 6) is -0.239. The minimum atomic E-state index is -0.470. The molecule has 0 atom stereocenters. The number of benzene rings is 1. The second-order valence-electron chi connectivity index (χ2n) is 6.52. The molecule has 22 heavy (non-hydrogen) atoms. The zero-order valence-corrected chi connectivity index (χ0v) is 14.8. The van der Waals surface area contributed by atoms with Crippen molar-refractivity contribution in [2.45, 2.75) is 32.9 Å². The zero-order valence-electron chi connectivity index (χ0n) is 13.2. The molecule has 4 nitrogen and oxygen atoms in total. The average Bonchev–Trinajstić information content (AvgIpc) is 2.36. The maximum absolute atomic E-state index is 13.4. The van der Waals surface area contributed by atoms with Gasteiger partial charge in [-0.05, 0) is 44.5 Å². The largest absolute Gasteiger partial charge is 0.444 e. The Morgan fingerprint density at radius 3 is 2.41 bits per heavy atom. The monoisotopic (exact) mass is 372 g/mol. The standard InChI is InChI=1S/C16H22BrFN2O2/c1-16(2,3)22-15(21)20-6-4-19(5-7-20)11-12-8-13(17)10-14(18)9-12/h8-10H,4-7,11H2,1-3H3. The third-order valence-electron chi connectivity index (χ3n) is 3.35. The Morgan fingerprint density at radius 1 is 1.23 bits per heavy atom. The number of carbonyl (C=O) groups excluding carboxylic acids is 1. The molecule has 0 aliphatic carbocycles. The van der Waals surface area contributed by atoms with Gasteiger partial charge in [0.2, 0.25) is 0 Å². The van der Waals surface area contributed by atoms with Crippen LogP contribution >= 0.6 is 15.9 Å². The fraction of sp³-hybridized carbons (Fsp3) is 0.562. The van der Waals surface area contributed by atoms with Gasteiger partial charge in [-0.1, -0.05) is 15.9 Å². The lowest BCUT2D eigenvalue weighted by Crippen LogP contribution is -2.49. The van der Waals surface area contributed by atoms with E-state index in [1.54, 1.807) is 11.0 Å². The van der Waals surface area contributed by atoms with E-state index < -0.39 is 5.60 Å². The highest BCUT2D eigenvalue weighted by atomic mass is 79.9. The van der Waals surface area contributed by atoms with Gasteiger partial charge in [0.05, 0.1) is 0 Å². The van der Waals surface area contributed by atoms with Crippen molar-refractivity contribution in [2.24, 2.45) is 0 Å². The topological polar surface area (TPSA) is 32.8 Å². The quantitative estimate of drug-likeness (QED) is 0.794. The SMILES string of the molecule is CC(C)(C)OC(=O)N1CCN(Cc2cc(F)cc(Br)c2)CC1. The molecule has 0 saturated carbocycles. The third-order valence-corrected chi connectivity index (χ3v) is 3.81. The van der Waals surface area contributed by atoms with Crippen LogP contribution < -0.4 is 0 Å². The summed E-state index contributed by atoms with van der Waals surface area (Å²) in [6, 6.07) is 4.91. The van der Waals surface area contributed by atoms with E-state index in [1.165, 1.54) is 6.07 Å². The summed E-state index contributed by atoms with van der Waals surface area (Å²) >= 11 is 3.31. The van der Waals surface area contributed by atoms with Crippen molar-refractivity contribution in [3.63, 3.8) is 0 Å². The number of nitrogens with zero attached hydrogens (tertiary/aromatic N) is 2. The molecule has 6 heteroatoms. The number of amides is 1. The van der Waals surface area contributed by atoms with Crippen LogP contribution in [0.5, 0.6) is 0 Å². The Labute approximate surface area is 139 Å². The summed E-state index contributed by atoms with van der Waals surface area (Å²) in [5, 5.41) is 0. The molecule has 0 bridgehead atoms. The molecule has 0 N–H and O–H groups in total. The Bertz CT molecular complexity index is 517. The zero-order chi connectivity index (χ0) is 16.3. The molecule has 0 aromatic heterocycles. The molecule has 1 heterocycles. The first kappa shape index (κ1) is 17.2. The van der Waals surface area contributed by atoms with Crippen LogP contribution in [-0.2, 0) is 11.3 Å². The van der Waals surface area contributed by atoms with Crippen molar-refractivity contribution in [2.75, 3.05) is 26.2 Å². The predicted octanol–water partition coefficient (Wildman–Crippen LogP) is 3.64. The summed E-state index contributed by atoms with van der Waals surface area (Å²) in [4.78, 5) is 15.9. The molecule has 1 aromatic carbocycles. The minimum Gasteiger partial charge on any atom is -0.444 e. The van der Waals surface area contributed by atoms with Crippen LogP contribution in [-0.4, -0.2) is 47.7 Å². The highest BCUT2D eigenvalue weighted by molar-refractivity contribution is 9.10. The number of hydrogen-bond acceptors (Lipinski definition) is 3. The number of piperazine rings is 1. The first-order valence-electron chi connectivity index (χ1n) is 7.38. The number of rotatable bonds is 2. The molecule has 1 amide bonds. The van der Waals surface area contributed by atoms with Gasteiger partial charge in [-0.25, -0.2) is 9.18 Å². The van der Waals surface area contributed by atoms with E-state index in [2.05, 4.69) is 20.8 Å². The van der Waals surface area contributed by atoms with Crippen LogP contribution in [0, 0.1) is 5.82 Å². The predicted molar refractivity (Wildman–Crippen MR) is 87.2 cm³/mol. The average molecular weight is 373 g/mol. The van der Waals surface area contributed by atoms with Crippen molar-refractivity contribution >= 4 is 22.0 Å². The molecule has 1 aromatic rings. The van der Waals surface area contributed by atoms with Gasteiger partial charge in [0, 0.05) is 37.2 Å². The van der Waals surface area contributed by atoms with Crippen molar-refractivity contribution in [3.8, 4) is 0 Å². The van der Waals surface area contributed by atoms with Crippen molar-refractivity contribution < 1.29 is 13.9 Å². The van der Waals surface area contributed by atoms with Gasteiger partial charge in [0.15, 0.2) is 0 Å². The molecular weight excluding hydrogens is 351 g/mol. The molecule has 2 rings (SSSR count). The lowest BCUT2D eigenvalue weighted by molar-refractivity contribution is 0.0139. The van der Waals surface area contributed by atoms with Crippen molar-refractivity contribution in [3.05, 3.63) is 34.1 Å². The molecule has 122 valence electrons. The van der Waals surface area contributed by atoms with E-state index in [1.807, 2.05) is 26.8 Å².